The van der Waals surface area contributed by atoms with Crippen LogP contribution in [0.2, 0.25) is 0 Å². The van der Waals surface area contributed by atoms with Crippen LogP contribution in [0, 0.1) is 25.7 Å². The van der Waals surface area contributed by atoms with Crippen molar-refractivity contribution in [2.75, 3.05) is 112 Å². The fourth-order valence-electron chi connectivity index (χ4n) is 9.10. The molecule has 14 nitrogen and oxygen atoms in total. The molecule has 14 heteroatoms. The van der Waals surface area contributed by atoms with Crippen molar-refractivity contribution in [1.29, 1.82) is 0 Å². The Kier molecular flexibility index (Phi) is 17.4. The first-order valence-electron chi connectivity index (χ1n) is 24.0. The van der Waals surface area contributed by atoms with Gasteiger partial charge in [-0.05, 0) is 139 Å². The second-order valence-corrected chi connectivity index (χ2v) is 17.9. The molecule has 2 atom stereocenters. The van der Waals surface area contributed by atoms with Crippen molar-refractivity contribution < 1.29 is 29.3 Å². The number of carbonyl (C=O) groups is 2. The molecule has 0 radical (unpaired) electrons. The number of aliphatic hydroxyl groups is 2. The zero-order valence-corrected chi connectivity index (χ0v) is 39.4. The molecule has 0 saturated carbocycles. The Balaban J connectivity index is 0.000000196. The number of hydrogen-bond donors (Lipinski definition) is 4. The molecule has 2 aromatic carbocycles. The molecular weight excluding hydrogens is 833 g/mol. The molecule has 0 spiro atoms. The number of ether oxygens (including phenoxy) is 2. The summed E-state index contributed by atoms with van der Waals surface area (Å²) in [6, 6.07) is 20.5. The zero-order valence-electron chi connectivity index (χ0n) is 39.4. The second kappa shape index (κ2) is 23.8. The highest BCUT2D eigenvalue weighted by atomic mass is 16.5. The van der Waals surface area contributed by atoms with Crippen LogP contribution in [0.3, 0.4) is 0 Å². The predicted octanol–water partition coefficient (Wildman–Crippen LogP) is 8.25. The monoisotopic (exact) mass is 903 g/mol. The van der Waals surface area contributed by atoms with Crippen molar-refractivity contribution in [2.24, 2.45) is 11.8 Å². The molecule has 354 valence electrons. The highest BCUT2D eigenvalue weighted by Gasteiger charge is 2.27. The first-order valence-corrected chi connectivity index (χ1v) is 24.0. The topological polar surface area (TPSA) is 156 Å². The van der Waals surface area contributed by atoms with Crippen molar-refractivity contribution in [3.8, 4) is 22.3 Å². The Hall–Kier alpha value is -5.54. The van der Waals surface area contributed by atoms with Gasteiger partial charge in [0.15, 0.2) is 0 Å². The largest absolute Gasteiger partial charge is 0.396 e. The van der Waals surface area contributed by atoms with Crippen LogP contribution >= 0.6 is 0 Å². The van der Waals surface area contributed by atoms with Gasteiger partial charge in [-0.1, -0.05) is 44.9 Å². The summed E-state index contributed by atoms with van der Waals surface area (Å²) >= 11 is 0. The number of anilines is 4. The molecule has 4 amide bonds. The van der Waals surface area contributed by atoms with Crippen LogP contribution in [-0.2, 0) is 15.9 Å². The number of pyridine rings is 2. The maximum absolute atomic E-state index is 12.8. The molecule has 4 aliphatic heterocycles. The van der Waals surface area contributed by atoms with Gasteiger partial charge in [-0.2, -0.15) is 0 Å². The van der Waals surface area contributed by atoms with E-state index >= 15 is 0 Å². The molecule has 6 heterocycles. The van der Waals surface area contributed by atoms with Crippen LogP contribution in [0.25, 0.3) is 28.3 Å². The highest BCUT2D eigenvalue weighted by molar-refractivity contribution is 5.92. The summed E-state index contributed by atoms with van der Waals surface area (Å²) in [7, 11) is 0. The van der Waals surface area contributed by atoms with Gasteiger partial charge >= 0.3 is 12.1 Å². The number of morpholine rings is 2. The molecule has 0 bridgehead atoms. The first kappa shape index (κ1) is 48.4. The molecule has 66 heavy (non-hydrogen) atoms. The number of nitrogens with zero attached hydrogens (tertiary/aromatic N) is 6. The minimum atomic E-state index is -0.0330. The molecule has 4 aliphatic rings. The number of amides is 4. The van der Waals surface area contributed by atoms with E-state index in [9.17, 15) is 19.8 Å². The lowest BCUT2D eigenvalue weighted by atomic mass is 9.99. The number of rotatable bonds is 13. The van der Waals surface area contributed by atoms with E-state index in [1.165, 1.54) is 0 Å². The van der Waals surface area contributed by atoms with Crippen molar-refractivity contribution in [3.05, 3.63) is 89.3 Å². The third kappa shape index (κ3) is 12.9. The summed E-state index contributed by atoms with van der Waals surface area (Å²) in [6.07, 6.45) is 9.33. The normalized spacial score (nSPS) is 18.7. The van der Waals surface area contributed by atoms with Gasteiger partial charge in [-0.25, -0.2) is 19.6 Å². The van der Waals surface area contributed by atoms with Crippen LogP contribution < -0.4 is 20.4 Å². The van der Waals surface area contributed by atoms with E-state index in [1.807, 2.05) is 46.2 Å². The highest BCUT2D eigenvalue weighted by Crippen LogP contribution is 2.33. The lowest BCUT2D eigenvalue weighted by molar-refractivity contribution is 0.122. The lowest BCUT2D eigenvalue weighted by Gasteiger charge is -2.28. The van der Waals surface area contributed by atoms with Crippen LogP contribution in [0.15, 0.2) is 66.7 Å². The Morgan fingerprint density at radius 3 is 1.65 bits per heavy atom. The van der Waals surface area contributed by atoms with Gasteiger partial charge in [-0.15, -0.1) is 0 Å². The van der Waals surface area contributed by atoms with E-state index in [1.54, 1.807) is 6.08 Å². The minimum Gasteiger partial charge on any atom is -0.396 e. The van der Waals surface area contributed by atoms with E-state index in [2.05, 4.69) is 78.5 Å². The first-order chi connectivity index (χ1) is 32.1. The molecular formula is C52H70N8O6. The lowest BCUT2D eigenvalue weighted by Crippen LogP contribution is -2.36. The van der Waals surface area contributed by atoms with Crippen LogP contribution in [0.5, 0.6) is 0 Å². The molecule has 4 aromatic rings. The zero-order chi connectivity index (χ0) is 46.4. The van der Waals surface area contributed by atoms with Gasteiger partial charge in [0.2, 0.25) is 0 Å². The van der Waals surface area contributed by atoms with Crippen molar-refractivity contribution in [1.82, 2.24) is 19.8 Å². The summed E-state index contributed by atoms with van der Waals surface area (Å²) in [5.74, 6) is 3.05. The Morgan fingerprint density at radius 2 is 1.18 bits per heavy atom. The van der Waals surface area contributed by atoms with Crippen LogP contribution in [0.4, 0.5) is 32.6 Å². The summed E-state index contributed by atoms with van der Waals surface area (Å²) < 4.78 is 11.0. The maximum atomic E-state index is 12.8. The summed E-state index contributed by atoms with van der Waals surface area (Å²) in [5, 5.41) is 24.7. The number of likely N-dealkylation sites (tertiary alicyclic amines) is 2. The fourth-order valence-corrected chi connectivity index (χ4v) is 9.10. The summed E-state index contributed by atoms with van der Waals surface area (Å²) in [5.41, 5.74) is 9.88. The van der Waals surface area contributed by atoms with Crippen molar-refractivity contribution in [3.63, 3.8) is 0 Å². The average Bonchev–Trinajstić information content (AvgIpc) is 4.06. The number of carbonyl (C=O) groups excluding carboxylic acids is 2. The third-order valence-electron chi connectivity index (χ3n) is 13.3. The van der Waals surface area contributed by atoms with Gasteiger partial charge in [0.05, 0.1) is 38.7 Å². The minimum absolute atomic E-state index is 0.0203. The van der Waals surface area contributed by atoms with Gasteiger partial charge in [0.25, 0.3) is 0 Å². The van der Waals surface area contributed by atoms with E-state index < -0.39 is 0 Å². The van der Waals surface area contributed by atoms with Crippen molar-refractivity contribution in [2.45, 2.75) is 66.2 Å². The molecule has 4 N–H and O–H groups in total. The third-order valence-corrected chi connectivity index (χ3v) is 13.3. The van der Waals surface area contributed by atoms with Gasteiger partial charge in [0.1, 0.15) is 11.6 Å². The predicted molar refractivity (Wildman–Crippen MR) is 264 cm³/mol. The number of nitrogens with one attached hydrogen (secondary N) is 2. The number of aromatic nitrogens is 2. The average molecular weight is 903 g/mol. The van der Waals surface area contributed by atoms with Crippen LogP contribution in [0.1, 0.15) is 68.5 Å². The maximum Gasteiger partial charge on any atom is 0.321 e. The van der Waals surface area contributed by atoms with E-state index in [0.29, 0.717) is 44.7 Å². The number of urea groups is 2. The Labute approximate surface area is 391 Å². The summed E-state index contributed by atoms with van der Waals surface area (Å²) in [4.78, 5) is 43.6. The number of benzene rings is 2. The van der Waals surface area contributed by atoms with Crippen molar-refractivity contribution >= 4 is 41.1 Å². The summed E-state index contributed by atoms with van der Waals surface area (Å²) in [6.45, 7) is 18.0. The Bertz CT molecular complexity index is 2280. The standard InChI is InChI=1S/C26H36N4O3.C26H34N4O3/c2*1-3-20-8-9-30(18-20)26(32)28-23-7-6-19(2)24(17-23)21-15-22(5-4-12-31)27-25(16-21)29-10-13-33-14-11-29/h6-7,15-17,20,31H,3-5,8-14,18H2,1-2H3,(H,28,32);4-7,15-17,20,31H,3,8-14,18H2,1-2H3,(H,28,32)/b;5-4+/t2*20-/m11/s1. The molecule has 2 aromatic heterocycles. The SMILES string of the molecule is CC[C@@H]1CCN(C(=O)Nc2ccc(C)c(-c3cc(/C=C/CO)nc(N4CCOCC4)c3)c2)C1.CC[C@@H]1CCN(C(=O)Nc2ccc(C)c(-c3cc(CCCO)nc(N4CCOCC4)c3)c2)C1. The van der Waals surface area contributed by atoms with Gasteiger partial charge < -0.3 is 49.9 Å². The molecule has 0 aliphatic carbocycles. The quantitative estimate of drug-likeness (QED) is 0.103. The second-order valence-electron chi connectivity index (χ2n) is 17.9. The molecule has 8 rings (SSSR count). The fraction of sp³-hybridized carbons (Fsp3) is 0.500. The Morgan fingerprint density at radius 1 is 0.682 bits per heavy atom. The van der Waals surface area contributed by atoms with E-state index in [0.717, 1.165) is 152 Å². The molecule has 0 unspecified atom stereocenters. The number of aliphatic hydroxyl groups excluding tert-OH is 2. The van der Waals surface area contributed by atoms with E-state index in [-0.39, 0.29) is 25.3 Å². The number of aryl methyl sites for hydroxylation is 3. The van der Waals surface area contributed by atoms with E-state index in [4.69, 9.17) is 19.4 Å². The van der Waals surface area contributed by atoms with Gasteiger partial charge in [-0.3, -0.25) is 0 Å². The van der Waals surface area contributed by atoms with Crippen LogP contribution in [-0.4, -0.2) is 134 Å². The molecule has 4 saturated heterocycles. The number of hydrogen-bond acceptors (Lipinski definition) is 10. The smallest absolute Gasteiger partial charge is 0.321 e. The van der Waals surface area contributed by atoms with Gasteiger partial charge in [0, 0.05) is 76.0 Å². The molecule has 4 fully saturated rings.